The van der Waals surface area contributed by atoms with Gasteiger partial charge in [-0.15, -0.1) is 0 Å². The highest BCUT2D eigenvalue weighted by Gasteiger charge is 2.39. The molecule has 3 atom stereocenters. The Morgan fingerprint density at radius 1 is 0.930 bits per heavy atom. The quantitative estimate of drug-likeness (QED) is 0.248. The number of hydrogen-bond donors (Lipinski definition) is 2. The van der Waals surface area contributed by atoms with Crippen LogP contribution in [-0.4, -0.2) is 40.5 Å². The zero-order chi connectivity index (χ0) is 31.9. The van der Waals surface area contributed by atoms with Crippen LogP contribution >= 0.6 is 11.6 Å². The molecule has 0 fully saturated rings. The molecule has 0 heterocycles. The molecule has 230 valence electrons. The molecule has 3 amide bonds. The molecule has 0 radical (unpaired) electrons. The Morgan fingerprint density at radius 3 is 2.19 bits per heavy atom. The minimum Gasteiger partial charge on any atom is -0.444 e. The minimum atomic E-state index is -1.00. The number of halogens is 1. The summed E-state index contributed by atoms with van der Waals surface area (Å²) in [6.07, 6.45) is 0.0947. The van der Waals surface area contributed by atoms with Crippen molar-refractivity contribution in [3.8, 4) is 0 Å². The lowest BCUT2D eigenvalue weighted by Crippen LogP contribution is -2.55. The second-order valence-electron chi connectivity index (χ2n) is 12.1. The smallest absolute Gasteiger partial charge is 0.408 e. The first-order valence-electron chi connectivity index (χ1n) is 14.7. The number of benzene rings is 3. The average molecular weight is 606 g/mol. The number of carbonyl (C=O) groups excluding carboxylic acids is 3. The SMILES string of the molecule is CCC(C)N(C(=O)C(Cc1ccccc1)NC(=O)OC(C)(C)C)C(C(=O)Nc1c(C)cccc1Cl)c1ccc(C)cc1C. The van der Waals surface area contributed by atoms with Crippen LogP contribution in [0.4, 0.5) is 10.5 Å². The van der Waals surface area contributed by atoms with Gasteiger partial charge in [0.1, 0.15) is 17.7 Å². The van der Waals surface area contributed by atoms with Crippen LogP contribution in [0.2, 0.25) is 5.02 Å². The number of anilines is 1. The Morgan fingerprint density at radius 2 is 1.60 bits per heavy atom. The highest BCUT2D eigenvalue weighted by molar-refractivity contribution is 6.34. The van der Waals surface area contributed by atoms with Crippen LogP contribution in [-0.2, 0) is 20.7 Å². The maximum atomic E-state index is 14.7. The molecule has 0 aliphatic carbocycles. The van der Waals surface area contributed by atoms with E-state index in [9.17, 15) is 14.4 Å². The standard InChI is InChI=1S/C35H44ClN3O4/c1-9-25(5)39(33(41)29(21-26-15-11-10-12-16-26)37-34(42)43-35(6,7)8)31(27-19-18-22(2)20-24(27)4)32(40)38-30-23(3)14-13-17-28(30)36/h10-20,25,29,31H,9,21H2,1-8H3,(H,37,42)(H,38,40). The number of aryl methyl sites for hydroxylation is 3. The fraction of sp³-hybridized carbons (Fsp3) is 0.400. The number of rotatable bonds is 10. The summed E-state index contributed by atoms with van der Waals surface area (Å²) in [5.41, 5.74) is 4.00. The van der Waals surface area contributed by atoms with Gasteiger partial charge in [-0.1, -0.05) is 84.8 Å². The molecule has 2 N–H and O–H groups in total. The Hall–Kier alpha value is -3.84. The van der Waals surface area contributed by atoms with E-state index in [1.165, 1.54) is 0 Å². The second-order valence-corrected chi connectivity index (χ2v) is 12.5. The molecule has 0 aromatic heterocycles. The highest BCUT2D eigenvalue weighted by atomic mass is 35.5. The van der Waals surface area contributed by atoms with Gasteiger partial charge in [-0.2, -0.15) is 0 Å². The van der Waals surface area contributed by atoms with Crippen molar-refractivity contribution < 1.29 is 19.1 Å². The van der Waals surface area contributed by atoms with Crippen LogP contribution in [0.5, 0.6) is 0 Å². The fourth-order valence-electron chi connectivity index (χ4n) is 5.01. The van der Waals surface area contributed by atoms with E-state index in [1.807, 2.05) is 95.3 Å². The number of para-hydroxylation sites is 1. The van der Waals surface area contributed by atoms with Crippen molar-refractivity contribution in [2.24, 2.45) is 0 Å². The van der Waals surface area contributed by atoms with E-state index in [1.54, 1.807) is 31.7 Å². The molecule has 43 heavy (non-hydrogen) atoms. The Kier molecular flexibility index (Phi) is 11.4. The number of hydrogen-bond acceptors (Lipinski definition) is 4. The van der Waals surface area contributed by atoms with Crippen LogP contribution in [0, 0.1) is 20.8 Å². The molecular weight excluding hydrogens is 562 g/mol. The van der Waals surface area contributed by atoms with Gasteiger partial charge >= 0.3 is 6.09 Å². The Labute approximate surface area is 261 Å². The van der Waals surface area contributed by atoms with E-state index >= 15 is 0 Å². The van der Waals surface area contributed by atoms with Crippen LogP contribution in [0.25, 0.3) is 0 Å². The lowest BCUT2D eigenvalue weighted by Gasteiger charge is -2.39. The highest BCUT2D eigenvalue weighted by Crippen LogP contribution is 2.33. The van der Waals surface area contributed by atoms with Crippen molar-refractivity contribution in [3.63, 3.8) is 0 Å². The van der Waals surface area contributed by atoms with E-state index in [0.717, 1.165) is 22.3 Å². The normalized spacial score (nSPS) is 13.4. The van der Waals surface area contributed by atoms with Gasteiger partial charge in [-0.25, -0.2) is 4.79 Å². The molecule has 0 bridgehead atoms. The average Bonchev–Trinajstić information content (AvgIpc) is 2.92. The second kappa shape index (κ2) is 14.6. The van der Waals surface area contributed by atoms with Crippen molar-refractivity contribution in [1.29, 1.82) is 0 Å². The third-order valence-electron chi connectivity index (χ3n) is 7.31. The van der Waals surface area contributed by atoms with E-state index in [0.29, 0.717) is 22.7 Å². The summed E-state index contributed by atoms with van der Waals surface area (Å²) in [5, 5.41) is 6.24. The summed E-state index contributed by atoms with van der Waals surface area (Å²) < 4.78 is 5.54. The zero-order valence-corrected chi connectivity index (χ0v) is 27.2. The molecule has 8 heteroatoms. The lowest BCUT2D eigenvalue weighted by atomic mass is 9.94. The van der Waals surface area contributed by atoms with Crippen LogP contribution in [0.3, 0.4) is 0 Å². The summed E-state index contributed by atoms with van der Waals surface area (Å²) in [7, 11) is 0. The molecule has 0 aliphatic heterocycles. The van der Waals surface area contributed by atoms with Gasteiger partial charge in [0.2, 0.25) is 5.91 Å². The molecular formula is C35H44ClN3O4. The van der Waals surface area contributed by atoms with Gasteiger partial charge in [0.05, 0.1) is 10.7 Å². The van der Waals surface area contributed by atoms with Crippen molar-refractivity contribution in [2.45, 2.75) is 92.0 Å². The number of carbonyl (C=O) groups is 3. The maximum Gasteiger partial charge on any atom is 0.408 e. The summed E-state index contributed by atoms with van der Waals surface area (Å²) in [5.74, 6) is -0.785. The van der Waals surface area contributed by atoms with Gasteiger partial charge in [0.25, 0.3) is 5.91 Å². The van der Waals surface area contributed by atoms with Crippen LogP contribution in [0.1, 0.15) is 74.9 Å². The predicted octanol–water partition coefficient (Wildman–Crippen LogP) is 7.71. The summed E-state index contributed by atoms with van der Waals surface area (Å²) in [6, 6.07) is 18.3. The van der Waals surface area contributed by atoms with Gasteiger partial charge in [0.15, 0.2) is 0 Å². The van der Waals surface area contributed by atoms with E-state index < -0.39 is 29.7 Å². The molecule has 3 aromatic carbocycles. The first-order valence-corrected chi connectivity index (χ1v) is 15.1. The van der Waals surface area contributed by atoms with Gasteiger partial charge < -0.3 is 20.3 Å². The third kappa shape index (κ3) is 9.07. The van der Waals surface area contributed by atoms with Gasteiger partial charge in [-0.3, -0.25) is 9.59 Å². The van der Waals surface area contributed by atoms with Crippen LogP contribution < -0.4 is 10.6 Å². The summed E-state index contributed by atoms with van der Waals surface area (Å²) >= 11 is 6.50. The summed E-state index contributed by atoms with van der Waals surface area (Å²) in [4.78, 5) is 43.6. The van der Waals surface area contributed by atoms with E-state index in [-0.39, 0.29) is 18.4 Å². The van der Waals surface area contributed by atoms with Crippen molar-refractivity contribution in [1.82, 2.24) is 10.2 Å². The molecule has 0 saturated heterocycles. The molecule has 7 nitrogen and oxygen atoms in total. The molecule has 0 aliphatic rings. The monoisotopic (exact) mass is 605 g/mol. The largest absolute Gasteiger partial charge is 0.444 e. The number of amides is 3. The third-order valence-corrected chi connectivity index (χ3v) is 7.62. The van der Waals surface area contributed by atoms with Crippen molar-refractivity contribution in [2.75, 3.05) is 5.32 Å². The molecule has 3 rings (SSSR count). The van der Waals surface area contributed by atoms with Crippen molar-refractivity contribution in [3.05, 3.63) is 99.6 Å². The van der Waals surface area contributed by atoms with Crippen molar-refractivity contribution >= 4 is 35.2 Å². The molecule has 3 aromatic rings. The molecule has 3 unspecified atom stereocenters. The summed E-state index contributed by atoms with van der Waals surface area (Å²) in [6.45, 7) is 15.0. The predicted molar refractivity (Wildman–Crippen MR) is 173 cm³/mol. The topological polar surface area (TPSA) is 87.7 Å². The number of alkyl carbamates (subject to hydrolysis) is 1. The number of nitrogens with one attached hydrogen (secondary N) is 2. The number of nitrogens with zero attached hydrogens (tertiary/aromatic N) is 1. The Balaban J connectivity index is 2.15. The fourth-order valence-corrected chi connectivity index (χ4v) is 5.28. The van der Waals surface area contributed by atoms with Gasteiger partial charge in [0, 0.05) is 12.5 Å². The zero-order valence-electron chi connectivity index (χ0n) is 26.5. The van der Waals surface area contributed by atoms with Crippen LogP contribution in [0.15, 0.2) is 66.7 Å². The maximum absolute atomic E-state index is 14.7. The number of ether oxygens (including phenoxy) is 1. The first kappa shape index (κ1) is 33.7. The minimum absolute atomic E-state index is 0.219. The van der Waals surface area contributed by atoms with E-state index in [4.69, 9.17) is 16.3 Å². The first-order chi connectivity index (χ1) is 20.2. The van der Waals surface area contributed by atoms with Gasteiger partial charge in [-0.05, 0) is 83.2 Å². The molecule has 0 saturated carbocycles. The Bertz CT molecular complexity index is 1410. The lowest BCUT2D eigenvalue weighted by molar-refractivity contribution is -0.143. The van der Waals surface area contributed by atoms with E-state index in [2.05, 4.69) is 10.6 Å². The molecule has 0 spiro atoms.